The maximum atomic E-state index is 13.9. The molecule has 190 valence electrons. The number of hydrogen-bond donors (Lipinski definition) is 0. The zero-order valence-corrected chi connectivity index (χ0v) is 22.4. The zero-order chi connectivity index (χ0) is 26.3. The van der Waals surface area contributed by atoms with Gasteiger partial charge in [-0.2, -0.15) is 0 Å². The van der Waals surface area contributed by atoms with Crippen molar-refractivity contribution >= 4 is 34.3 Å². The van der Waals surface area contributed by atoms with Crippen molar-refractivity contribution in [1.82, 2.24) is 9.13 Å². The van der Waals surface area contributed by atoms with E-state index in [1.165, 1.54) is 11.3 Å². The molecule has 0 amide bonds. The van der Waals surface area contributed by atoms with Gasteiger partial charge in [0, 0.05) is 29.2 Å². The molecule has 37 heavy (non-hydrogen) atoms. The molecule has 5 rings (SSSR count). The lowest BCUT2D eigenvalue weighted by atomic mass is 9.96. The molecule has 0 radical (unpaired) electrons. The van der Waals surface area contributed by atoms with Crippen LogP contribution in [0.3, 0.4) is 0 Å². The summed E-state index contributed by atoms with van der Waals surface area (Å²) in [6.45, 7) is 8.32. The van der Waals surface area contributed by atoms with E-state index in [9.17, 15) is 9.59 Å². The van der Waals surface area contributed by atoms with Gasteiger partial charge in [-0.15, -0.1) is 0 Å². The van der Waals surface area contributed by atoms with Gasteiger partial charge in [0.05, 0.1) is 35.1 Å². The zero-order valence-electron chi connectivity index (χ0n) is 21.6. The summed E-state index contributed by atoms with van der Waals surface area (Å²) < 4.78 is 15.3. The summed E-state index contributed by atoms with van der Waals surface area (Å²) in [6.07, 6.45) is 1.94. The van der Waals surface area contributed by atoms with Crippen LogP contribution in [0.1, 0.15) is 43.6 Å². The number of hydrogen-bond acceptors (Lipinski definition) is 6. The largest absolute Gasteiger partial charge is 0.494 e. The van der Waals surface area contributed by atoms with Crippen LogP contribution in [0.4, 0.5) is 0 Å². The van der Waals surface area contributed by atoms with E-state index in [1.54, 1.807) is 18.4 Å². The number of carbonyl (C=O) groups excluding carboxylic acids is 1. The second kappa shape index (κ2) is 9.86. The molecule has 1 unspecified atom stereocenters. The van der Waals surface area contributed by atoms with Gasteiger partial charge in [-0.1, -0.05) is 41.7 Å². The molecule has 3 heterocycles. The Morgan fingerprint density at radius 3 is 2.51 bits per heavy atom. The monoisotopic (exact) mass is 515 g/mol. The summed E-state index contributed by atoms with van der Waals surface area (Å²) in [5.41, 5.74) is 4.68. The Hall–Kier alpha value is -3.91. The number of rotatable bonds is 6. The molecule has 1 aliphatic rings. The lowest BCUT2D eigenvalue weighted by molar-refractivity contribution is -0.139. The van der Waals surface area contributed by atoms with E-state index in [0.717, 1.165) is 33.5 Å². The number of thiazole rings is 1. The normalized spacial score (nSPS) is 15.6. The highest BCUT2D eigenvalue weighted by molar-refractivity contribution is 7.07. The second-order valence-electron chi connectivity index (χ2n) is 8.88. The van der Waals surface area contributed by atoms with E-state index in [2.05, 4.69) is 28.6 Å². The Bertz CT molecular complexity index is 1720. The molecule has 7 nitrogen and oxygen atoms in total. The Labute approximate surface area is 218 Å². The molecule has 1 atom stereocenters. The van der Waals surface area contributed by atoms with Crippen LogP contribution >= 0.6 is 11.3 Å². The fraction of sp³-hybridized carbons (Fsp3) is 0.276. The van der Waals surface area contributed by atoms with Gasteiger partial charge in [0.15, 0.2) is 4.80 Å². The first-order valence-corrected chi connectivity index (χ1v) is 13.1. The Balaban J connectivity index is 1.74. The van der Waals surface area contributed by atoms with E-state index in [1.807, 2.05) is 56.4 Å². The van der Waals surface area contributed by atoms with Crippen molar-refractivity contribution in [2.45, 2.75) is 33.7 Å². The summed E-state index contributed by atoms with van der Waals surface area (Å²) in [5.74, 6) is 0.255. The number of benzene rings is 2. The van der Waals surface area contributed by atoms with Crippen molar-refractivity contribution in [3.8, 4) is 5.75 Å². The van der Waals surface area contributed by atoms with Crippen LogP contribution in [0.15, 0.2) is 69.6 Å². The number of esters is 1. The third-order valence-corrected chi connectivity index (χ3v) is 7.73. The van der Waals surface area contributed by atoms with E-state index in [-0.39, 0.29) is 12.2 Å². The highest BCUT2D eigenvalue weighted by Gasteiger charge is 2.33. The molecule has 0 N–H and O–H groups in total. The Kier molecular flexibility index (Phi) is 6.60. The second-order valence-corrected chi connectivity index (χ2v) is 9.89. The van der Waals surface area contributed by atoms with Crippen molar-refractivity contribution in [3.63, 3.8) is 0 Å². The summed E-state index contributed by atoms with van der Waals surface area (Å²) in [7, 11) is 2.03. The molecule has 1 aliphatic heterocycles. The van der Waals surface area contributed by atoms with Crippen molar-refractivity contribution in [2.75, 3.05) is 13.2 Å². The number of para-hydroxylation sites is 1. The van der Waals surface area contributed by atoms with Gasteiger partial charge in [0.2, 0.25) is 0 Å². The average molecular weight is 516 g/mol. The number of fused-ring (bicyclic) bond motifs is 2. The van der Waals surface area contributed by atoms with Crippen LogP contribution in [0, 0.1) is 6.92 Å². The third kappa shape index (κ3) is 4.21. The highest BCUT2D eigenvalue weighted by Crippen LogP contribution is 2.32. The number of ether oxygens (including phenoxy) is 2. The molecular formula is C29H29N3O4S. The smallest absolute Gasteiger partial charge is 0.338 e. The SMILES string of the molecule is CCOC(=O)C1=C(C)N=c2s/c(=C/c3c(C)n(C)c4ccccc34)c(=O)n2C1c1ccc(OCC)cc1. The van der Waals surface area contributed by atoms with E-state index in [4.69, 9.17) is 9.47 Å². The molecule has 0 bridgehead atoms. The van der Waals surface area contributed by atoms with Gasteiger partial charge in [0.1, 0.15) is 5.75 Å². The predicted octanol–water partition coefficient (Wildman–Crippen LogP) is 4.00. The summed E-state index contributed by atoms with van der Waals surface area (Å²) in [6, 6.07) is 15.0. The third-order valence-electron chi connectivity index (χ3n) is 6.75. The molecule has 0 aliphatic carbocycles. The van der Waals surface area contributed by atoms with Crippen LogP contribution in [0.5, 0.6) is 5.75 Å². The fourth-order valence-corrected chi connectivity index (χ4v) is 5.91. The van der Waals surface area contributed by atoms with Crippen LogP contribution in [0.2, 0.25) is 0 Å². The number of allylic oxidation sites excluding steroid dienone is 1. The quantitative estimate of drug-likeness (QED) is 0.364. The average Bonchev–Trinajstić information content (AvgIpc) is 3.32. The van der Waals surface area contributed by atoms with E-state index < -0.39 is 12.0 Å². The van der Waals surface area contributed by atoms with Crippen molar-refractivity contribution < 1.29 is 14.3 Å². The predicted molar refractivity (Wildman–Crippen MR) is 146 cm³/mol. The van der Waals surface area contributed by atoms with Gasteiger partial charge in [0.25, 0.3) is 5.56 Å². The summed E-state index contributed by atoms with van der Waals surface area (Å²) in [4.78, 5) is 32.3. The Morgan fingerprint density at radius 2 is 1.81 bits per heavy atom. The molecule has 0 fully saturated rings. The van der Waals surface area contributed by atoms with E-state index >= 15 is 0 Å². The number of nitrogens with zero attached hydrogens (tertiary/aromatic N) is 3. The maximum Gasteiger partial charge on any atom is 0.338 e. The first-order valence-electron chi connectivity index (χ1n) is 12.3. The number of aryl methyl sites for hydroxylation is 1. The minimum absolute atomic E-state index is 0.190. The molecule has 2 aromatic carbocycles. The first-order chi connectivity index (χ1) is 17.8. The molecular weight excluding hydrogens is 486 g/mol. The minimum Gasteiger partial charge on any atom is -0.494 e. The van der Waals surface area contributed by atoms with Crippen molar-refractivity contribution in [3.05, 3.63) is 96.3 Å². The minimum atomic E-state index is -0.651. The topological polar surface area (TPSA) is 74.8 Å². The van der Waals surface area contributed by atoms with Gasteiger partial charge >= 0.3 is 5.97 Å². The van der Waals surface area contributed by atoms with Crippen LogP contribution in [-0.4, -0.2) is 28.3 Å². The van der Waals surface area contributed by atoms with Crippen molar-refractivity contribution in [2.24, 2.45) is 12.0 Å². The van der Waals surface area contributed by atoms with Crippen LogP contribution < -0.4 is 19.6 Å². The van der Waals surface area contributed by atoms with Crippen LogP contribution in [0.25, 0.3) is 17.0 Å². The number of aromatic nitrogens is 2. The summed E-state index contributed by atoms with van der Waals surface area (Å²) in [5, 5.41) is 1.08. The van der Waals surface area contributed by atoms with Gasteiger partial charge < -0.3 is 14.0 Å². The van der Waals surface area contributed by atoms with Crippen LogP contribution in [-0.2, 0) is 16.6 Å². The lowest BCUT2D eigenvalue weighted by Crippen LogP contribution is -2.39. The van der Waals surface area contributed by atoms with Gasteiger partial charge in [-0.3, -0.25) is 9.36 Å². The molecule has 0 saturated heterocycles. The molecule has 0 spiro atoms. The standard InChI is InChI=1S/C29H29N3O4S/c1-6-35-20-14-12-19(13-15-20)26-25(28(34)36-7-2)17(3)30-29-32(26)27(33)24(37-29)16-22-18(4)31(5)23-11-9-8-10-21(22)23/h8-16,26H,6-7H2,1-5H3/b24-16+. The molecule has 4 aromatic rings. The van der Waals surface area contributed by atoms with Gasteiger partial charge in [-0.25, -0.2) is 9.79 Å². The number of carbonyl (C=O) groups is 1. The molecule has 2 aromatic heterocycles. The van der Waals surface area contributed by atoms with Gasteiger partial charge in [-0.05, 0) is 57.5 Å². The van der Waals surface area contributed by atoms with Crippen molar-refractivity contribution in [1.29, 1.82) is 0 Å². The Morgan fingerprint density at radius 1 is 1.08 bits per heavy atom. The fourth-order valence-electron chi connectivity index (χ4n) is 4.88. The highest BCUT2D eigenvalue weighted by atomic mass is 32.1. The maximum absolute atomic E-state index is 13.9. The molecule has 0 saturated carbocycles. The summed E-state index contributed by atoms with van der Waals surface area (Å²) >= 11 is 1.33. The first kappa shape index (κ1) is 24.8. The lowest BCUT2D eigenvalue weighted by Gasteiger charge is -2.24. The molecule has 8 heteroatoms. The van der Waals surface area contributed by atoms with E-state index in [0.29, 0.717) is 27.2 Å².